The maximum atomic E-state index is 12.1. The number of benzene rings is 3. The molecule has 1 aromatic heterocycles. The highest BCUT2D eigenvalue weighted by molar-refractivity contribution is 7.21. The van der Waals surface area contributed by atoms with E-state index in [2.05, 4.69) is 16.4 Å². The van der Waals surface area contributed by atoms with Crippen LogP contribution < -0.4 is 5.32 Å². The van der Waals surface area contributed by atoms with Crippen LogP contribution >= 0.6 is 22.9 Å². The number of anilines is 1. The molecule has 5 heteroatoms. The normalized spacial score (nSPS) is 11.1. The first-order valence-electron chi connectivity index (χ1n) is 8.39. The average molecular weight is 391 g/mol. The van der Waals surface area contributed by atoms with Crippen molar-refractivity contribution in [1.29, 1.82) is 0 Å². The summed E-state index contributed by atoms with van der Waals surface area (Å²) in [6.07, 6.45) is 3.18. The lowest BCUT2D eigenvalue weighted by molar-refractivity contribution is -0.111. The zero-order valence-electron chi connectivity index (χ0n) is 14.2. The molecule has 0 unspecified atom stereocenters. The highest BCUT2D eigenvalue weighted by Gasteiger charge is 2.06. The van der Waals surface area contributed by atoms with Gasteiger partial charge in [0.2, 0.25) is 5.91 Å². The Morgan fingerprint density at radius 1 is 0.963 bits per heavy atom. The van der Waals surface area contributed by atoms with Gasteiger partial charge in [-0.2, -0.15) is 0 Å². The number of carbonyl (C=O) groups excluding carboxylic acids is 1. The molecule has 0 aliphatic rings. The summed E-state index contributed by atoms with van der Waals surface area (Å²) < 4.78 is 1.16. The molecule has 4 rings (SSSR count). The van der Waals surface area contributed by atoms with Crippen molar-refractivity contribution in [3.05, 3.63) is 89.5 Å². The minimum Gasteiger partial charge on any atom is -0.323 e. The Morgan fingerprint density at radius 2 is 1.70 bits per heavy atom. The number of halogens is 1. The lowest BCUT2D eigenvalue weighted by Crippen LogP contribution is -2.07. The fourth-order valence-corrected chi connectivity index (χ4v) is 3.82. The van der Waals surface area contributed by atoms with E-state index < -0.39 is 0 Å². The molecular weight excluding hydrogens is 376 g/mol. The second-order valence-corrected chi connectivity index (χ2v) is 7.35. The maximum Gasteiger partial charge on any atom is 0.248 e. The van der Waals surface area contributed by atoms with Crippen LogP contribution in [0.15, 0.2) is 78.9 Å². The number of hydrogen-bond donors (Lipinski definition) is 1. The number of carbonyl (C=O) groups is 1. The monoisotopic (exact) mass is 390 g/mol. The summed E-state index contributed by atoms with van der Waals surface area (Å²) in [5, 5.41) is 4.43. The van der Waals surface area contributed by atoms with Crippen LogP contribution in [-0.4, -0.2) is 10.9 Å². The summed E-state index contributed by atoms with van der Waals surface area (Å²) in [4.78, 5) is 16.8. The van der Waals surface area contributed by atoms with E-state index in [0.717, 1.165) is 32.0 Å². The molecule has 0 saturated heterocycles. The van der Waals surface area contributed by atoms with Crippen molar-refractivity contribution in [3.8, 4) is 10.6 Å². The molecule has 3 aromatic carbocycles. The number of para-hydroxylation sites is 1. The van der Waals surface area contributed by atoms with E-state index >= 15 is 0 Å². The van der Waals surface area contributed by atoms with Crippen LogP contribution in [0.25, 0.3) is 26.9 Å². The van der Waals surface area contributed by atoms with Gasteiger partial charge in [0.15, 0.2) is 0 Å². The Bertz CT molecular complexity index is 1100. The predicted octanol–water partition coefficient (Wildman–Crippen LogP) is 6.27. The van der Waals surface area contributed by atoms with Crippen LogP contribution in [0.3, 0.4) is 0 Å². The molecule has 1 heterocycles. The topological polar surface area (TPSA) is 42.0 Å². The van der Waals surface area contributed by atoms with Crippen LogP contribution in [0.5, 0.6) is 0 Å². The largest absolute Gasteiger partial charge is 0.323 e. The quantitative estimate of drug-likeness (QED) is 0.417. The van der Waals surface area contributed by atoms with E-state index in [-0.39, 0.29) is 5.91 Å². The van der Waals surface area contributed by atoms with Crippen molar-refractivity contribution in [1.82, 2.24) is 4.98 Å². The van der Waals surface area contributed by atoms with Crippen molar-refractivity contribution in [2.75, 3.05) is 5.32 Å². The summed E-state index contributed by atoms with van der Waals surface area (Å²) in [5.74, 6) is -0.206. The number of rotatable bonds is 4. The summed E-state index contributed by atoms with van der Waals surface area (Å²) in [6.45, 7) is 0. The molecular formula is C22H15ClN2OS. The molecule has 1 N–H and O–H groups in total. The molecule has 0 spiro atoms. The molecule has 132 valence electrons. The third-order valence-electron chi connectivity index (χ3n) is 4.01. The van der Waals surface area contributed by atoms with Gasteiger partial charge in [-0.05, 0) is 54.1 Å². The second-order valence-electron chi connectivity index (χ2n) is 5.91. The minimum atomic E-state index is -0.206. The Hall–Kier alpha value is -2.95. The maximum absolute atomic E-state index is 12.1. The van der Waals surface area contributed by atoms with Gasteiger partial charge in [-0.25, -0.2) is 4.98 Å². The van der Waals surface area contributed by atoms with Crippen LogP contribution in [-0.2, 0) is 4.79 Å². The Kier molecular flexibility index (Phi) is 5.01. The van der Waals surface area contributed by atoms with Crippen molar-refractivity contribution >= 4 is 50.8 Å². The fourth-order valence-electron chi connectivity index (χ4n) is 2.65. The number of amides is 1. The lowest BCUT2D eigenvalue weighted by Gasteiger charge is -2.03. The van der Waals surface area contributed by atoms with E-state index in [1.165, 1.54) is 6.08 Å². The van der Waals surface area contributed by atoms with Gasteiger partial charge in [0.1, 0.15) is 5.01 Å². The molecule has 0 fully saturated rings. The van der Waals surface area contributed by atoms with Crippen LogP contribution in [0.1, 0.15) is 5.56 Å². The summed E-state index contributed by atoms with van der Waals surface area (Å²) in [5.41, 5.74) is 3.56. The van der Waals surface area contributed by atoms with Gasteiger partial charge in [-0.3, -0.25) is 4.79 Å². The second kappa shape index (κ2) is 7.74. The molecule has 0 aliphatic heterocycles. The van der Waals surface area contributed by atoms with Gasteiger partial charge in [0.05, 0.1) is 10.2 Å². The molecule has 27 heavy (non-hydrogen) atoms. The van der Waals surface area contributed by atoms with Crippen molar-refractivity contribution < 1.29 is 4.79 Å². The number of fused-ring (bicyclic) bond motifs is 1. The highest BCUT2D eigenvalue weighted by Crippen LogP contribution is 2.30. The van der Waals surface area contributed by atoms with Crippen molar-refractivity contribution in [2.24, 2.45) is 0 Å². The Balaban J connectivity index is 1.46. The summed E-state index contributed by atoms with van der Waals surface area (Å²) >= 11 is 7.74. The number of thiazole rings is 1. The molecule has 4 aromatic rings. The molecule has 0 atom stereocenters. The average Bonchev–Trinajstić information content (AvgIpc) is 3.12. The Morgan fingerprint density at radius 3 is 2.48 bits per heavy atom. The SMILES string of the molecule is O=C(/C=C/c1ccccc1Cl)Nc1ccc(-c2nc3ccccc3s2)cc1. The van der Waals surface area contributed by atoms with Crippen LogP contribution in [0.2, 0.25) is 5.02 Å². The molecule has 0 saturated carbocycles. The van der Waals surface area contributed by atoms with Gasteiger partial charge in [0, 0.05) is 22.3 Å². The molecule has 0 aliphatic carbocycles. The number of nitrogens with zero attached hydrogens (tertiary/aromatic N) is 1. The molecule has 3 nitrogen and oxygen atoms in total. The third kappa shape index (κ3) is 4.08. The fraction of sp³-hybridized carbons (Fsp3) is 0. The molecule has 0 radical (unpaired) electrons. The highest BCUT2D eigenvalue weighted by atomic mass is 35.5. The van der Waals surface area contributed by atoms with Gasteiger partial charge in [-0.15, -0.1) is 11.3 Å². The number of aromatic nitrogens is 1. The van der Waals surface area contributed by atoms with E-state index in [9.17, 15) is 4.79 Å². The van der Waals surface area contributed by atoms with E-state index in [0.29, 0.717) is 5.02 Å². The predicted molar refractivity (Wildman–Crippen MR) is 114 cm³/mol. The first-order chi connectivity index (χ1) is 13.2. The zero-order chi connectivity index (χ0) is 18.6. The summed E-state index contributed by atoms with van der Waals surface area (Å²) in [7, 11) is 0. The van der Waals surface area contributed by atoms with Crippen LogP contribution in [0.4, 0.5) is 5.69 Å². The third-order valence-corrected chi connectivity index (χ3v) is 5.44. The van der Waals surface area contributed by atoms with Gasteiger partial charge in [0.25, 0.3) is 0 Å². The summed E-state index contributed by atoms with van der Waals surface area (Å²) in [6, 6.07) is 23.1. The van der Waals surface area contributed by atoms with Crippen LogP contribution in [0, 0.1) is 0 Å². The van der Waals surface area contributed by atoms with Gasteiger partial charge in [-0.1, -0.05) is 41.9 Å². The van der Waals surface area contributed by atoms with E-state index in [4.69, 9.17) is 11.6 Å². The number of nitrogens with one attached hydrogen (secondary N) is 1. The van der Waals surface area contributed by atoms with Gasteiger partial charge >= 0.3 is 0 Å². The first-order valence-corrected chi connectivity index (χ1v) is 9.58. The smallest absolute Gasteiger partial charge is 0.248 e. The standard InChI is InChI=1S/C22H15ClN2OS/c23-18-6-2-1-5-15(18)11-14-21(26)24-17-12-9-16(10-13-17)22-25-19-7-3-4-8-20(19)27-22/h1-14H,(H,24,26)/b14-11+. The first kappa shape index (κ1) is 17.5. The van der Waals surface area contributed by atoms with E-state index in [1.54, 1.807) is 23.5 Å². The van der Waals surface area contributed by atoms with Crippen molar-refractivity contribution in [2.45, 2.75) is 0 Å². The van der Waals surface area contributed by atoms with Gasteiger partial charge < -0.3 is 5.32 Å². The molecule has 1 amide bonds. The van der Waals surface area contributed by atoms with Crippen molar-refractivity contribution in [3.63, 3.8) is 0 Å². The zero-order valence-corrected chi connectivity index (χ0v) is 15.8. The number of hydrogen-bond acceptors (Lipinski definition) is 3. The Labute approximate surface area is 166 Å². The minimum absolute atomic E-state index is 0.206. The lowest BCUT2D eigenvalue weighted by atomic mass is 10.2. The molecule has 0 bridgehead atoms. The van der Waals surface area contributed by atoms with E-state index in [1.807, 2.05) is 60.7 Å².